The summed E-state index contributed by atoms with van der Waals surface area (Å²) in [5.74, 6) is -1.03. The molecule has 110 valence electrons. The van der Waals surface area contributed by atoms with Gasteiger partial charge >= 0.3 is 5.97 Å². The molecule has 1 heterocycles. The highest BCUT2D eigenvalue weighted by Crippen LogP contribution is 2.32. The number of hydrogen-bond acceptors (Lipinski definition) is 5. The van der Waals surface area contributed by atoms with E-state index in [0.717, 1.165) is 6.07 Å². The highest BCUT2D eigenvalue weighted by Gasteiger charge is 2.17. The van der Waals surface area contributed by atoms with Gasteiger partial charge in [-0.1, -0.05) is 0 Å². The summed E-state index contributed by atoms with van der Waals surface area (Å²) in [6.45, 7) is 1.92. The molecule has 5 nitrogen and oxygen atoms in total. The van der Waals surface area contributed by atoms with E-state index in [-0.39, 0.29) is 34.0 Å². The Morgan fingerprint density at radius 3 is 2.95 bits per heavy atom. The van der Waals surface area contributed by atoms with E-state index in [4.69, 9.17) is 15.2 Å². The van der Waals surface area contributed by atoms with Gasteiger partial charge in [0.25, 0.3) is 0 Å². The molecule has 0 fully saturated rings. The number of nitrogen functional groups attached to an aromatic ring is 1. The number of benzene rings is 1. The molecule has 2 aromatic rings. The number of nitrogens with two attached hydrogens (primary N) is 1. The Hall–Kier alpha value is -2.15. The minimum Gasteiger partial charge on any atom is -0.462 e. The van der Waals surface area contributed by atoms with Crippen LogP contribution in [0.15, 0.2) is 34.9 Å². The Morgan fingerprint density at radius 1 is 1.48 bits per heavy atom. The van der Waals surface area contributed by atoms with Crippen molar-refractivity contribution >= 4 is 27.6 Å². The van der Waals surface area contributed by atoms with Gasteiger partial charge in [0.1, 0.15) is 11.4 Å². The average molecular weight is 355 g/mol. The van der Waals surface area contributed by atoms with Crippen LogP contribution in [-0.2, 0) is 4.74 Å². The first-order valence-electron chi connectivity index (χ1n) is 6.07. The largest absolute Gasteiger partial charge is 0.462 e. The fraction of sp³-hybridized carbons (Fsp3) is 0.143. The fourth-order valence-electron chi connectivity index (χ4n) is 1.57. The molecule has 1 aromatic carbocycles. The normalized spacial score (nSPS) is 10.2. The third-order valence-electron chi connectivity index (χ3n) is 2.53. The van der Waals surface area contributed by atoms with Gasteiger partial charge in [-0.15, -0.1) is 0 Å². The maximum absolute atomic E-state index is 13.5. The number of esters is 1. The zero-order valence-corrected chi connectivity index (χ0v) is 12.7. The number of ether oxygens (including phenoxy) is 2. The van der Waals surface area contributed by atoms with E-state index >= 15 is 0 Å². The Kier molecular flexibility index (Phi) is 4.74. The Morgan fingerprint density at radius 2 is 2.24 bits per heavy atom. The van der Waals surface area contributed by atoms with E-state index in [0.29, 0.717) is 0 Å². The number of aromatic nitrogens is 1. The molecule has 1 aromatic heterocycles. The van der Waals surface area contributed by atoms with Gasteiger partial charge in [-0.05, 0) is 41.1 Å². The smallest absolute Gasteiger partial charge is 0.343 e. The van der Waals surface area contributed by atoms with Gasteiger partial charge in [-0.3, -0.25) is 0 Å². The third kappa shape index (κ3) is 3.49. The number of anilines is 1. The predicted molar refractivity (Wildman–Crippen MR) is 78.8 cm³/mol. The lowest BCUT2D eigenvalue weighted by molar-refractivity contribution is 0.0522. The lowest BCUT2D eigenvalue weighted by Gasteiger charge is -2.11. The molecule has 2 rings (SSSR count). The SMILES string of the molecule is CCOC(=O)c1cccnc1Oc1cc(F)c(Br)cc1N. The maximum Gasteiger partial charge on any atom is 0.343 e. The quantitative estimate of drug-likeness (QED) is 0.671. The molecule has 0 aliphatic carbocycles. The first-order chi connectivity index (χ1) is 10.0. The van der Waals surface area contributed by atoms with Crippen molar-refractivity contribution in [2.24, 2.45) is 0 Å². The van der Waals surface area contributed by atoms with Crippen LogP contribution >= 0.6 is 15.9 Å². The van der Waals surface area contributed by atoms with Crippen molar-refractivity contribution in [3.8, 4) is 11.6 Å². The molecule has 0 amide bonds. The summed E-state index contributed by atoms with van der Waals surface area (Å²) in [6, 6.07) is 5.57. The monoisotopic (exact) mass is 354 g/mol. The van der Waals surface area contributed by atoms with Crippen molar-refractivity contribution < 1.29 is 18.7 Å². The van der Waals surface area contributed by atoms with Gasteiger partial charge in [0, 0.05) is 12.3 Å². The number of halogens is 2. The number of carbonyl (C=O) groups excluding carboxylic acids is 1. The highest BCUT2D eigenvalue weighted by molar-refractivity contribution is 9.10. The zero-order chi connectivity index (χ0) is 15.4. The Labute approximate surface area is 129 Å². The summed E-state index contributed by atoms with van der Waals surface area (Å²) in [4.78, 5) is 15.8. The number of pyridine rings is 1. The van der Waals surface area contributed by atoms with E-state index in [1.807, 2.05) is 0 Å². The molecule has 0 aliphatic rings. The zero-order valence-electron chi connectivity index (χ0n) is 11.1. The van der Waals surface area contributed by atoms with Gasteiger partial charge in [-0.25, -0.2) is 14.2 Å². The second-order valence-electron chi connectivity index (χ2n) is 3.98. The summed E-state index contributed by atoms with van der Waals surface area (Å²) >= 11 is 3.02. The van der Waals surface area contributed by atoms with Crippen LogP contribution in [-0.4, -0.2) is 17.6 Å². The van der Waals surface area contributed by atoms with Crippen LogP contribution in [0.3, 0.4) is 0 Å². The van der Waals surface area contributed by atoms with Crippen LogP contribution in [0.2, 0.25) is 0 Å². The molecule has 7 heteroatoms. The van der Waals surface area contributed by atoms with Crippen molar-refractivity contribution in [2.45, 2.75) is 6.92 Å². The summed E-state index contributed by atoms with van der Waals surface area (Å²) in [5.41, 5.74) is 6.11. The first-order valence-corrected chi connectivity index (χ1v) is 6.86. The second-order valence-corrected chi connectivity index (χ2v) is 4.84. The summed E-state index contributed by atoms with van der Waals surface area (Å²) in [7, 11) is 0. The van der Waals surface area contributed by atoms with Gasteiger partial charge in [0.2, 0.25) is 5.88 Å². The van der Waals surface area contributed by atoms with E-state index < -0.39 is 11.8 Å². The predicted octanol–water partition coefficient (Wildman–Crippen LogP) is 3.53. The number of hydrogen-bond donors (Lipinski definition) is 1. The minimum atomic E-state index is -0.572. The average Bonchev–Trinajstić information content (AvgIpc) is 2.45. The summed E-state index contributed by atoms with van der Waals surface area (Å²) < 4.78 is 24.1. The lowest BCUT2D eigenvalue weighted by Crippen LogP contribution is -2.07. The fourth-order valence-corrected chi connectivity index (χ4v) is 1.93. The number of rotatable bonds is 4. The molecule has 0 saturated heterocycles. The van der Waals surface area contributed by atoms with Gasteiger partial charge < -0.3 is 15.2 Å². The van der Waals surface area contributed by atoms with Crippen molar-refractivity contribution in [1.29, 1.82) is 0 Å². The molecule has 0 saturated carbocycles. The number of carbonyl (C=O) groups is 1. The Balaban J connectivity index is 2.36. The van der Waals surface area contributed by atoms with Crippen LogP contribution in [0, 0.1) is 5.82 Å². The van der Waals surface area contributed by atoms with Crippen LogP contribution in [0.1, 0.15) is 17.3 Å². The minimum absolute atomic E-state index is 0.00405. The van der Waals surface area contributed by atoms with Crippen molar-refractivity contribution in [3.05, 3.63) is 46.3 Å². The van der Waals surface area contributed by atoms with Gasteiger partial charge in [0.05, 0.1) is 16.8 Å². The number of nitrogens with zero attached hydrogens (tertiary/aromatic N) is 1. The van der Waals surface area contributed by atoms with Gasteiger partial charge in [-0.2, -0.15) is 0 Å². The van der Waals surface area contributed by atoms with Crippen LogP contribution < -0.4 is 10.5 Å². The van der Waals surface area contributed by atoms with Crippen LogP contribution in [0.25, 0.3) is 0 Å². The molecule has 0 radical (unpaired) electrons. The lowest BCUT2D eigenvalue weighted by atomic mass is 10.2. The standard InChI is InChI=1S/C14H12BrFN2O3/c1-2-20-14(19)8-4-3-5-18-13(8)21-12-7-10(16)9(15)6-11(12)17/h3-7H,2,17H2,1H3. The van der Waals surface area contributed by atoms with Crippen LogP contribution in [0.5, 0.6) is 11.6 Å². The van der Waals surface area contributed by atoms with Crippen molar-refractivity contribution in [1.82, 2.24) is 4.98 Å². The van der Waals surface area contributed by atoms with Crippen LogP contribution in [0.4, 0.5) is 10.1 Å². The first kappa shape index (κ1) is 15.2. The van der Waals surface area contributed by atoms with E-state index in [1.54, 1.807) is 13.0 Å². The topological polar surface area (TPSA) is 74.4 Å². The molecule has 0 bridgehead atoms. The molecule has 0 aliphatic heterocycles. The van der Waals surface area contributed by atoms with Gasteiger partial charge in [0.15, 0.2) is 5.75 Å². The molecule has 0 atom stereocenters. The molecule has 2 N–H and O–H groups in total. The van der Waals surface area contributed by atoms with E-state index in [2.05, 4.69) is 20.9 Å². The molecular formula is C14H12BrFN2O3. The van der Waals surface area contributed by atoms with E-state index in [1.165, 1.54) is 18.3 Å². The molecule has 0 unspecified atom stereocenters. The molecule has 21 heavy (non-hydrogen) atoms. The molecular weight excluding hydrogens is 343 g/mol. The third-order valence-corrected chi connectivity index (χ3v) is 3.13. The summed E-state index contributed by atoms with van der Waals surface area (Å²) in [5, 5.41) is 0. The van der Waals surface area contributed by atoms with Crippen molar-refractivity contribution in [2.75, 3.05) is 12.3 Å². The Bertz CT molecular complexity index is 679. The van der Waals surface area contributed by atoms with E-state index in [9.17, 15) is 9.18 Å². The van der Waals surface area contributed by atoms with Crippen molar-refractivity contribution in [3.63, 3.8) is 0 Å². The summed E-state index contributed by atoms with van der Waals surface area (Å²) in [6.07, 6.45) is 1.45. The maximum atomic E-state index is 13.5. The molecule has 0 spiro atoms. The highest BCUT2D eigenvalue weighted by atomic mass is 79.9. The second kappa shape index (κ2) is 6.53.